The first kappa shape index (κ1) is 17.3. The number of ether oxygens (including phenoxy) is 2. The number of piperidine rings is 1. The van der Waals surface area contributed by atoms with Crippen molar-refractivity contribution >= 4 is 5.97 Å². The summed E-state index contributed by atoms with van der Waals surface area (Å²) in [6.07, 6.45) is 4.71. The Morgan fingerprint density at radius 1 is 1.17 bits per heavy atom. The molecule has 1 saturated heterocycles. The molecule has 4 nitrogen and oxygen atoms in total. The second kappa shape index (κ2) is 7.14. The van der Waals surface area contributed by atoms with E-state index in [4.69, 9.17) is 9.47 Å². The minimum atomic E-state index is -0.471. The number of nitrogens with one attached hydrogen (secondary N) is 1. The van der Waals surface area contributed by atoms with Crippen molar-refractivity contribution in [3.63, 3.8) is 0 Å². The standard InChI is InChI=1S/C20H29NO3/c1-20(2,3)24-19(22)16-6-7-18(17(12-16)15-4-5-15)23-13-14-8-10-21-11-9-14/h6-7,12,14-15,21H,4-5,8-11,13H2,1-3H3. The van der Waals surface area contributed by atoms with Gasteiger partial charge in [-0.3, -0.25) is 0 Å². The van der Waals surface area contributed by atoms with E-state index in [-0.39, 0.29) is 5.97 Å². The Labute approximate surface area is 144 Å². The summed E-state index contributed by atoms with van der Waals surface area (Å²) in [7, 11) is 0. The van der Waals surface area contributed by atoms with Gasteiger partial charge in [0.25, 0.3) is 0 Å². The van der Waals surface area contributed by atoms with Gasteiger partial charge in [-0.05, 0) is 95.1 Å². The molecular formula is C20H29NO3. The lowest BCUT2D eigenvalue weighted by molar-refractivity contribution is 0.00694. The molecule has 0 unspecified atom stereocenters. The molecule has 1 aromatic rings. The van der Waals surface area contributed by atoms with E-state index < -0.39 is 5.60 Å². The highest BCUT2D eigenvalue weighted by Crippen LogP contribution is 2.45. The third kappa shape index (κ3) is 4.73. The van der Waals surface area contributed by atoms with Gasteiger partial charge in [-0.15, -0.1) is 0 Å². The molecule has 2 fully saturated rings. The Kier molecular flexibility index (Phi) is 5.14. The van der Waals surface area contributed by atoms with E-state index in [0.29, 0.717) is 17.4 Å². The van der Waals surface area contributed by atoms with Gasteiger partial charge in [-0.25, -0.2) is 4.79 Å². The van der Waals surface area contributed by atoms with Gasteiger partial charge in [0.15, 0.2) is 0 Å². The van der Waals surface area contributed by atoms with Crippen LogP contribution in [0.2, 0.25) is 0 Å². The summed E-state index contributed by atoms with van der Waals surface area (Å²) in [5, 5.41) is 3.38. The van der Waals surface area contributed by atoms with Crippen LogP contribution in [0.1, 0.15) is 68.3 Å². The smallest absolute Gasteiger partial charge is 0.338 e. The van der Waals surface area contributed by atoms with Gasteiger partial charge in [0.1, 0.15) is 11.4 Å². The predicted octanol–water partition coefficient (Wildman–Crippen LogP) is 3.90. The fourth-order valence-corrected chi connectivity index (χ4v) is 3.11. The number of benzene rings is 1. The van der Waals surface area contributed by atoms with Crippen LogP contribution in [0, 0.1) is 5.92 Å². The maximum absolute atomic E-state index is 12.3. The van der Waals surface area contributed by atoms with Crippen LogP contribution in [0.3, 0.4) is 0 Å². The zero-order chi connectivity index (χ0) is 17.2. The van der Waals surface area contributed by atoms with E-state index in [1.165, 1.54) is 31.2 Å². The molecule has 0 aromatic heterocycles. The molecule has 0 radical (unpaired) electrons. The lowest BCUT2D eigenvalue weighted by atomic mass is 9.99. The van der Waals surface area contributed by atoms with Crippen LogP contribution in [0.25, 0.3) is 0 Å². The van der Waals surface area contributed by atoms with E-state index in [1.807, 2.05) is 39.0 Å². The molecule has 2 aliphatic rings. The third-order valence-corrected chi connectivity index (χ3v) is 4.59. The number of hydrogen-bond acceptors (Lipinski definition) is 4. The molecule has 0 bridgehead atoms. The highest BCUT2D eigenvalue weighted by Gasteiger charge is 2.29. The van der Waals surface area contributed by atoms with Crippen molar-refractivity contribution in [1.29, 1.82) is 0 Å². The van der Waals surface area contributed by atoms with Crippen molar-refractivity contribution in [2.75, 3.05) is 19.7 Å². The van der Waals surface area contributed by atoms with E-state index in [2.05, 4.69) is 5.32 Å². The quantitative estimate of drug-likeness (QED) is 0.831. The molecule has 4 heteroatoms. The van der Waals surface area contributed by atoms with Crippen molar-refractivity contribution in [2.45, 2.75) is 58.0 Å². The fourth-order valence-electron chi connectivity index (χ4n) is 3.11. The monoisotopic (exact) mass is 331 g/mol. The largest absolute Gasteiger partial charge is 0.493 e. The maximum atomic E-state index is 12.3. The molecule has 1 aliphatic carbocycles. The van der Waals surface area contributed by atoms with Gasteiger partial charge in [0.05, 0.1) is 12.2 Å². The van der Waals surface area contributed by atoms with Crippen LogP contribution in [0.4, 0.5) is 0 Å². The van der Waals surface area contributed by atoms with Gasteiger partial charge >= 0.3 is 5.97 Å². The van der Waals surface area contributed by atoms with Gasteiger partial charge in [-0.1, -0.05) is 0 Å². The Hall–Kier alpha value is -1.55. The summed E-state index contributed by atoms with van der Waals surface area (Å²) in [6, 6.07) is 5.76. The Balaban J connectivity index is 1.69. The van der Waals surface area contributed by atoms with Crippen molar-refractivity contribution in [1.82, 2.24) is 5.32 Å². The van der Waals surface area contributed by atoms with Gasteiger partial charge < -0.3 is 14.8 Å². The van der Waals surface area contributed by atoms with Gasteiger partial charge in [0, 0.05) is 0 Å². The van der Waals surface area contributed by atoms with Crippen LogP contribution in [0.15, 0.2) is 18.2 Å². The number of carbonyl (C=O) groups excluding carboxylic acids is 1. The van der Waals surface area contributed by atoms with Crippen LogP contribution < -0.4 is 10.1 Å². The maximum Gasteiger partial charge on any atom is 0.338 e. The second-order valence-electron chi connectivity index (χ2n) is 8.03. The highest BCUT2D eigenvalue weighted by molar-refractivity contribution is 5.90. The molecule has 1 heterocycles. The topological polar surface area (TPSA) is 47.6 Å². The van der Waals surface area contributed by atoms with Crippen LogP contribution in [-0.4, -0.2) is 31.3 Å². The minimum absolute atomic E-state index is 0.255. The second-order valence-corrected chi connectivity index (χ2v) is 8.03. The summed E-state index contributed by atoms with van der Waals surface area (Å²) in [6.45, 7) is 8.62. The SMILES string of the molecule is CC(C)(C)OC(=O)c1ccc(OCC2CCNCC2)c(C2CC2)c1. The van der Waals surface area contributed by atoms with Crippen molar-refractivity contribution in [3.05, 3.63) is 29.3 Å². The average Bonchev–Trinajstić information content (AvgIpc) is 3.37. The molecule has 132 valence electrons. The number of esters is 1. The molecule has 1 N–H and O–H groups in total. The lowest BCUT2D eigenvalue weighted by Crippen LogP contribution is -2.30. The van der Waals surface area contributed by atoms with Crippen LogP contribution >= 0.6 is 0 Å². The molecule has 24 heavy (non-hydrogen) atoms. The first-order valence-corrected chi connectivity index (χ1v) is 9.13. The fraction of sp³-hybridized carbons (Fsp3) is 0.650. The summed E-state index contributed by atoms with van der Waals surface area (Å²) in [5.74, 6) is 1.86. The summed E-state index contributed by atoms with van der Waals surface area (Å²) >= 11 is 0. The Morgan fingerprint density at radius 2 is 1.88 bits per heavy atom. The molecule has 0 atom stereocenters. The molecular weight excluding hydrogens is 302 g/mol. The average molecular weight is 331 g/mol. The summed E-state index contributed by atoms with van der Waals surface area (Å²) in [4.78, 5) is 12.3. The molecule has 3 rings (SSSR count). The Bertz CT molecular complexity index is 581. The predicted molar refractivity (Wildman–Crippen MR) is 94.7 cm³/mol. The summed E-state index contributed by atoms with van der Waals surface area (Å²) in [5.41, 5.74) is 1.33. The molecule has 1 aromatic carbocycles. The summed E-state index contributed by atoms with van der Waals surface area (Å²) < 4.78 is 11.6. The first-order valence-electron chi connectivity index (χ1n) is 9.13. The molecule has 0 spiro atoms. The highest BCUT2D eigenvalue weighted by atomic mass is 16.6. The van der Waals surface area contributed by atoms with E-state index in [1.54, 1.807) is 0 Å². The number of rotatable bonds is 5. The molecule has 1 aliphatic heterocycles. The minimum Gasteiger partial charge on any atom is -0.493 e. The Morgan fingerprint density at radius 3 is 2.50 bits per heavy atom. The van der Waals surface area contributed by atoms with Crippen molar-refractivity contribution in [3.8, 4) is 5.75 Å². The van der Waals surface area contributed by atoms with Crippen LogP contribution in [-0.2, 0) is 4.74 Å². The third-order valence-electron chi connectivity index (χ3n) is 4.59. The number of carbonyl (C=O) groups is 1. The van der Waals surface area contributed by atoms with E-state index >= 15 is 0 Å². The first-order chi connectivity index (χ1) is 11.4. The zero-order valence-corrected chi connectivity index (χ0v) is 15.1. The van der Waals surface area contributed by atoms with Crippen molar-refractivity contribution < 1.29 is 14.3 Å². The van der Waals surface area contributed by atoms with Crippen molar-refractivity contribution in [2.24, 2.45) is 5.92 Å². The van der Waals surface area contributed by atoms with Gasteiger partial charge in [-0.2, -0.15) is 0 Å². The van der Waals surface area contributed by atoms with E-state index in [0.717, 1.165) is 25.4 Å². The molecule has 0 amide bonds. The number of hydrogen-bond donors (Lipinski definition) is 1. The van der Waals surface area contributed by atoms with Crippen LogP contribution in [0.5, 0.6) is 5.75 Å². The molecule has 1 saturated carbocycles. The van der Waals surface area contributed by atoms with E-state index in [9.17, 15) is 4.79 Å². The normalized spacial score (nSPS) is 19.1. The lowest BCUT2D eigenvalue weighted by Gasteiger charge is -2.23. The zero-order valence-electron chi connectivity index (χ0n) is 15.1. The van der Waals surface area contributed by atoms with Gasteiger partial charge in [0.2, 0.25) is 0 Å².